The highest BCUT2D eigenvalue weighted by atomic mass is 35.5. The highest BCUT2D eigenvalue weighted by molar-refractivity contribution is 6.17. The molecule has 0 fully saturated rings. The smallest absolute Gasteiger partial charge is 0.310 e. The van der Waals surface area contributed by atoms with E-state index in [0.29, 0.717) is 0 Å². The first kappa shape index (κ1) is 14.4. The van der Waals surface area contributed by atoms with Gasteiger partial charge >= 0.3 is 5.97 Å². The number of hydrogen-bond donors (Lipinski definition) is 0. The number of benzene rings is 1. The maximum absolute atomic E-state index is 13.7. The molecule has 18 heavy (non-hydrogen) atoms. The quantitative estimate of drug-likeness (QED) is 0.358. The largest absolute Gasteiger partial charge is 0.466 e. The van der Waals surface area contributed by atoms with Crippen LogP contribution in [0, 0.1) is 15.9 Å². The lowest BCUT2D eigenvalue weighted by Gasteiger charge is -2.08. The van der Waals surface area contributed by atoms with Crippen LogP contribution in [0.1, 0.15) is 18.1 Å². The molecule has 0 aromatic heterocycles. The summed E-state index contributed by atoms with van der Waals surface area (Å²) in [7, 11) is 0. The van der Waals surface area contributed by atoms with Gasteiger partial charge in [0.05, 0.1) is 24.0 Å². The Bertz CT molecular complexity index is 478. The highest BCUT2D eigenvalue weighted by Gasteiger charge is 2.18. The van der Waals surface area contributed by atoms with Crippen LogP contribution in [0.25, 0.3) is 0 Å². The minimum atomic E-state index is -0.826. The van der Waals surface area contributed by atoms with Crippen LogP contribution in [0.15, 0.2) is 12.1 Å². The summed E-state index contributed by atoms with van der Waals surface area (Å²) in [6.45, 7) is 1.82. The van der Waals surface area contributed by atoms with Crippen molar-refractivity contribution in [3.63, 3.8) is 0 Å². The van der Waals surface area contributed by atoms with Gasteiger partial charge in [-0.2, -0.15) is 0 Å². The summed E-state index contributed by atoms with van der Waals surface area (Å²) in [6, 6.07) is 1.93. The van der Waals surface area contributed by atoms with Gasteiger partial charge in [-0.15, -0.1) is 11.6 Å². The Balaban J connectivity index is 3.11. The number of carbonyl (C=O) groups is 1. The molecular weight excluding hydrogens is 265 g/mol. The molecule has 7 heteroatoms. The molecule has 0 unspecified atom stereocenters. The summed E-state index contributed by atoms with van der Waals surface area (Å²) in [5.74, 6) is -1.54. The molecule has 0 spiro atoms. The van der Waals surface area contributed by atoms with Crippen LogP contribution in [-0.4, -0.2) is 17.5 Å². The van der Waals surface area contributed by atoms with Gasteiger partial charge in [-0.1, -0.05) is 0 Å². The topological polar surface area (TPSA) is 69.4 Å². The Kier molecular flexibility index (Phi) is 5.03. The Hall–Kier alpha value is -1.69. The molecule has 98 valence electrons. The van der Waals surface area contributed by atoms with Gasteiger partial charge in [0.1, 0.15) is 5.82 Å². The molecule has 0 atom stereocenters. The van der Waals surface area contributed by atoms with Crippen LogP contribution in [0.4, 0.5) is 10.1 Å². The molecule has 1 aromatic carbocycles. The normalized spacial score (nSPS) is 10.2. The minimum absolute atomic E-state index is 0.0362. The van der Waals surface area contributed by atoms with Crippen LogP contribution in [0.5, 0.6) is 0 Å². The first-order valence-corrected chi connectivity index (χ1v) is 5.70. The predicted molar refractivity (Wildman–Crippen MR) is 62.9 cm³/mol. The van der Waals surface area contributed by atoms with Gasteiger partial charge in [-0.3, -0.25) is 14.9 Å². The average Bonchev–Trinajstić information content (AvgIpc) is 2.31. The second-order valence-corrected chi connectivity index (χ2v) is 3.71. The van der Waals surface area contributed by atoms with Gasteiger partial charge in [-0.25, -0.2) is 4.39 Å². The first-order chi connectivity index (χ1) is 8.49. The van der Waals surface area contributed by atoms with Crippen LogP contribution < -0.4 is 0 Å². The van der Waals surface area contributed by atoms with Crippen LogP contribution in [-0.2, 0) is 21.8 Å². The highest BCUT2D eigenvalue weighted by Crippen LogP contribution is 2.24. The molecule has 5 nitrogen and oxygen atoms in total. The lowest BCUT2D eigenvalue weighted by atomic mass is 10.0. The number of rotatable bonds is 5. The van der Waals surface area contributed by atoms with Crippen molar-refractivity contribution in [2.45, 2.75) is 19.2 Å². The summed E-state index contributed by atoms with van der Waals surface area (Å²) in [5.41, 5.74) is -0.138. The van der Waals surface area contributed by atoms with Gasteiger partial charge in [0.2, 0.25) is 0 Å². The summed E-state index contributed by atoms with van der Waals surface area (Å²) >= 11 is 5.60. The van der Waals surface area contributed by atoms with Gasteiger partial charge in [0.15, 0.2) is 0 Å². The molecule has 0 bridgehead atoms. The fourth-order valence-electron chi connectivity index (χ4n) is 1.46. The van der Waals surface area contributed by atoms with E-state index in [1.54, 1.807) is 6.92 Å². The molecule has 0 saturated carbocycles. The van der Waals surface area contributed by atoms with E-state index in [1.165, 1.54) is 0 Å². The Labute approximate surface area is 108 Å². The number of halogens is 2. The van der Waals surface area contributed by atoms with Crippen LogP contribution in [0.3, 0.4) is 0 Å². The lowest BCUT2D eigenvalue weighted by molar-refractivity contribution is -0.385. The first-order valence-electron chi connectivity index (χ1n) is 5.16. The number of ether oxygens (including phenoxy) is 1. The van der Waals surface area contributed by atoms with Gasteiger partial charge in [-0.05, 0) is 12.5 Å². The molecule has 0 saturated heterocycles. The number of nitro benzene ring substituents is 1. The van der Waals surface area contributed by atoms with E-state index in [1.807, 2.05) is 0 Å². The van der Waals surface area contributed by atoms with E-state index < -0.39 is 22.4 Å². The van der Waals surface area contributed by atoms with Crippen LogP contribution >= 0.6 is 11.6 Å². The van der Waals surface area contributed by atoms with Crippen molar-refractivity contribution in [1.82, 2.24) is 0 Å². The zero-order valence-corrected chi connectivity index (χ0v) is 10.4. The summed E-state index contributed by atoms with van der Waals surface area (Å²) < 4.78 is 18.4. The standard InChI is InChI=1S/C11H11ClFNO4/c1-2-18-11(15)5-9-7(6-12)3-8(14(16)17)4-10(9)13/h3-4H,2,5-6H2,1H3. The molecule has 0 aliphatic rings. The number of hydrogen-bond acceptors (Lipinski definition) is 4. The molecule has 0 radical (unpaired) electrons. The zero-order chi connectivity index (χ0) is 13.7. The van der Waals surface area contributed by atoms with Gasteiger partial charge < -0.3 is 4.74 Å². The molecule has 0 aliphatic heterocycles. The number of esters is 1. The molecule has 0 amide bonds. The van der Waals surface area contributed by atoms with E-state index in [-0.39, 0.29) is 30.0 Å². The molecule has 0 N–H and O–H groups in total. The third kappa shape index (κ3) is 3.40. The van der Waals surface area contributed by atoms with Gasteiger partial charge in [0.25, 0.3) is 5.69 Å². The van der Waals surface area contributed by atoms with E-state index in [2.05, 4.69) is 0 Å². The summed E-state index contributed by atoms with van der Waals surface area (Å²) in [4.78, 5) is 21.1. The monoisotopic (exact) mass is 275 g/mol. The van der Waals surface area contributed by atoms with Crippen molar-refractivity contribution in [1.29, 1.82) is 0 Å². The van der Waals surface area contributed by atoms with E-state index in [0.717, 1.165) is 12.1 Å². The number of non-ortho nitro benzene ring substituents is 1. The maximum Gasteiger partial charge on any atom is 0.310 e. The molecule has 0 heterocycles. The predicted octanol–water partition coefficient (Wildman–Crippen LogP) is 2.58. The third-order valence-electron chi connectivity index (χ3n) is 2.25. The fourth-order valence-corrected chi connectivity index (χ4v) is 1.70. The van der Waals surface area contributed by atoms with E-state index >= 15 is 0 Å². The fraction of sp³-hybridized carbons (Fsp3) is 0.364. The Morgan fingerprint density at radius 2 is 2.22 bits per heavy atom. The number of carbonyl (C=O) groups excluding carboxylic acids is 1. The molecular formula is C11H11ClFNO4. The molecule has 0 aliphatic carbocycles. The Morgan fingerprint density at radius 1 is 1.56 bits per heavy atom. The third-order valence-corrected chi connectivity index (χ3v) is 2.54. The van der Waals surface area contributed by atoms with E-state index in [9.17, 15) is 19.3 Å². The minimum Gasteiger partial charge on any atom is -0.466 e. The number of alkyl halides is 1. The van der Waals surface area contributed by atoms with Crippen molar-refractivity contribution in [3.05, 3.63) is 39.2 Å². The maximum atomic E-state index is 13.7. The number of nitro groups is 1. The SMILES string of the molecule is CCOC(=O)Cc1c(F)cc([N+](=O)[O-])cc1CCl. The van der Waals surface area contributed by atoms with E-state index in [4.69, 9.17) is 16.3 Å². The van der Waals surface area contributed by atoms with Crippen molar-refractivity contribution in [3.8, 4) is 0 Å². The van der Waals surface area contributed by atoms with Crippen molar-refractivity contribution in [2.75, 3.05) is 6.61 Å². The lowest BCUT2D eigenvalue weighted by Crippen LogP contribution is -2.11. The molecule has 1 aromatic rings. The number of nitrogens with zero attached hydrogens (tertiary/aromatic N) is 1. The molecule has 1 rings (SSSR count). The second-order valence-electron chi connectivity index (χ2n) is 3.44. The summed E-state index contributed by atoms with van der Waals surface area (Å²) in [5, 5.41) is 10.6. The Morgan fingerprint density at radius 3 is 2.72 bits per heavy atom. The van der Waals surface area contributed by atoms with Crippen molar-refractivity contribution >= 4 is 23.3 Å². The van der Waals surface area contributed by atoms with Crippen LogP contribution in [0.2, 0.25) is 0 Å². The van der Waals surface area contributed by atoms with Crippen molar-refractivity contribution < 1.29 is 18.8 Å². The second kappa shape index (κ2) is 6.30. The van der Waals surface area contributed by atoms with Gasteiger partial charge in [0, 0.05) is 17.5 Å². The zero-order valence-electron chi connectivity index (χ0n) is 9.61. The summed E-state index contributed by atoms with van der Waals surface area (Å²) in [6.07, 6.45) is -0.292. The average molecular weight is 276 g/mol. The van der Waals surface area contributed by atoms with Crippen molar-refractivity contribution in [2.24, 2.45) is 0 Å².